The van der Waals surface area contributed by atoms with Crippen molar-refractivity contribution < 1.29 is 9.90 Å². The summed E-state index contributed by atoms with van der Waals surface area (Å²) in [6, 6.07) is 0. The Morgan fingerprint density at radius 2 is 2.11 bits per heavy atom. The fourth-order valence-electron chi connectivity index (χ4n) is 0.274. The van der Waals surface area contributed by atoms with Crippen molar-refractivity contribution in [1.29, 1.82) is 0 Å². The Morgan fingerprint density at radius 1 is 1.67 bits per heavy atom. The van der Waals surface area contributed by atoms with Gasteiger partial charge in [0.05, 0.1) is 0 Å². The van der Waals surface area contributed by atoms with E-state index in [0.29, 0.717) is 0 Å². The van der Waals surface area contributed by atoms with Gasteiger partial charge in [0.1, 0.15) is 0 Å². The fourth-order valence-corrected chi connectivity index (χ4v) is 3.10. The molecule has 0 atom stereocenters. The minimum atomic E-state index is -3.30. The SMILES string of the molecule is [NH2][Sn]([Cl])([Cl])[CH2]CC(=O)O. The Morgan fingerprint density at radius 3 is 2.22 bits per heavy atom. The van der Waals surface area contributed by atoms with Gasteiger partial charge in [0.2, 0.25) is 0 Å². The predicted molar refractivity (Wildman–Crippen MR) is 38.7 cm³/mol. The first kappa shape index (κ1) is 9.81. The van der Waals surface area contributed by atoms with Gasteiger partial charge in [-0.15, -0.1) is 0 Å². The molecule has 0 heterocycles. The van der Waals surface area contributed by atoms with Crippen LogP contribution in [0.1, 0.15) is 6.42 Å². The van der Waals surface area contributed by atoms with Gasteiger partial charge in [0.15, 0.2) is 0 Å². The van der Waals surface area contributed by atoms with E-state index >= 15 is 0 Å². The van der Waals surface area contributed by atoms with Crippen molar-refractivity contribution in [2.45, 2.75) is 10.9 Å². The van der Waals surface area contributed by atoms with Crippen LogP contribution >= 0.6 is 17.8 Å². The fraction of sp³-hybridized carbons (Fsp3) is 0.667. The summed E-state index contributed by atoms with van der Waals surface area (Å²) in [4.78, 5) is 9.91. The van der Waals surface area contributed by atoms with Crippen molar-refractivity contribution in [3.8, 4) is 0 Å². The topological polar surface area (TPSA) is 63.3 Å². The van der Waals surface area contributed by atoms with E-state index in [-0.39, 0.29) is 10.9 Å². The number of hydrogen-bond donors (Lipinski definition) is 2. The number of halogens is 2. The van der Waals surface area contributed by atoms with Crippen LogP contribution in [-0.2, 0) is 4.79 Å². The molecule has 0 saturated heterocycles. The predicted octanol–water partition coefficient (Wildman–Crippen LogP) is 0.836. The summed E-state index contributed by atoms with van der Waals surface area (Å²) in [5.74, 6) is -0.900. The summed E-state index contributed by atoms with van der Waals surface area (Å²) in [5.41, 5.74) is 0. The van der Waals surface area contributed by atoms with E-state index in [4.69, 9.17) is 26.9 Å². The summed E-state index contributed by atoms with van der Waals surface area (Å²) in [6.45, 7) is 0. The Kier molecular flexibility index (Phi) is 4.20. The van der Waals surface area contributed by atoms with Gasteiger partial charge in [-0.05, 0) is 0 Å². The Hall–Kier alpha value is 0.809. The first-order chi connectivity index (χ1) is 3.92. The molecule has 0 fully saturated rings. The Balaban J connectivity index is 3.39. The second kappa shape index (κ2) is 3.85. The monoisotopic (exact) mass is 279 g/mol. The van der Waals surface area contributed by atoms with E-state index in [0.717, 1.165) is 0 Å². The summed E-state index contributed by atoms with van der Waals surface area (Å²) < 4.78 is 5.53. The van der Waals surface area contributed by atoms with E-state index in [1.165, 1.54) is 0 Å². The van der Waals surface area contributed by atoms with Crippen molar-refractivity contribution in [3.05, 3.63) is 0 Å². The maximum atomic E-state index is 9.91. The molecule has 0 aromatic heterocycles. The molecule has 0 aliphatic rings. The van der Waals surface area contributed by atoms with Gasteiger partial charge in [0, 0.05) is 0 Å². The zero-order valence-electron chi connectivity index (χ0n) is 4.60. The normalized spacial score (nSPS) is 11.4. The molecule has 0 radical (unpaired) electrons. The molecule has 0 aromatic rings. The molecule has 0 spiro atoms. The van der Waals surface area contributed by atoms with Gasteiger partial charge in [-0.25, -0.2) is 0 Å². The average molecular weight is 279 g/mol. The quantitative estimate of drug-likeness (QED) is 0.752. The van der Waals surface area contributed by atoms with E-state index in [2.05, 4.69) is 0 Å². The van der Waals surface area contributed by atoms with Crippen molar-refractivity contribution in [1.82, 2.24) is 0 Å². The average Bonchev–Trinajstić information content (AvgIpc) is 1.59. The van der Waals surface area contributed by atoms with Crippen LogP contribution in [0.4, 0.5) is 0 Å². The summed E-state index contributed by atoms with van der Waals surface area (Å²) in [7, 11) is 10.9. The van der Waals surface area contributed by atoms with Gasteiger partial charge in [-0.2, -0.15) is 0 Å². The molecule has 3 nitrogen and oxygen atoms in total. The van der Waals surface area contributed by atoms with Crippen LogP contribution < -0.4 is 3.96 Å². The van der Waals surface area contributed by atoms with Crippen molar-refractivity contribution in [2.75, 3.05) is 0 Å². The molecule has 0 aromatic carbocycles. The summed E-state index contributed by atoms with van der Waals surface area (Å²) in [6.07, 6.45) is -0.0143. The molecular weight excluding hydrogens is 272 g/mol. The van der Waals surface area contributed by atoms with E-state index in [1.54, 1.807) is 0 Å². The third kappa shape index (κ3) is 8.81. The van der Waals surface area contributed by atoms with Crippen LogP contribution in [0.15, 0.2) is 0 Å². The van der Waals surface area contributed by atoms with E-state index < -0.39 is 22.4 Å². The van der Waals surface area contributed by atoms with E-state index in [1.807, 2.05) is 0 Å². The second-order valence-corrected chi connectivity index (χ2v) is 17.8. The zero-order chi connectivity index (χ0) is 7.49. The van der Waals surface area contributed by atoms with E-state index in [9.17, 15) is 4.79 Å². The van der Waals surface area contributed by atoms with Crippen molar-refractivity contribution in [2.24, 2.45) is 3.96 Å². The van der Waals surface area contributed by atoms with Crippen LogP contribution in [0.3, 0.4) is 0 Å². The van der Waals surface area contributed by atoms with Gasteiger partial charge >= 0.3 is 64.9 Å². The van der Waals surface area contributed by atoms with Gasteiger partial charge < -0.3 is 0 Å². The molecule has 0 aliphatic heterocycles. The third-order valence-electron chi connectivity index (χ3n) is 0.672. The molecule has 0 unspecified atom stereocenters. The zero-order valence-corrected chi connectivity index (χ0v) is 8.97. The number of nitrogens with two attached hydrogens (primary N) is 1. The number of aliphatic carboxylic acids is 1. The maximum absolute atomic E-state index is 9.91. The van der Waals surface area contributed by atoms with Crippen LogP contribution in [0.2, 0.25) is 4.44 Å². The first-order valence-electron chi connectivity index (χ1n) is 2.30. The Bertz CT molecular complexity index is 113. The van der Waals surface area contributed by atoms with Crippen molar-refractivity contribution >= 4 is 40.2 Å². The summed E-state index contributed by atoms with van der Waals surface area (Å²) in [5, 5.41) is 8.14. The molecule has 3 N–H and O–H groups in total. The number of hydrogen-bond acceptors (Lipinski definition) is 2. The van der Waals surface area contributed by atoms with Gasteiger partial charge in [-0.3, -0.25) is 0 Å². The van der Waals surface area contributed by atoms with Crippen LogP contribution in [0.5, 0.6) is 0 Å². The molecule has 0 saturated carbocycles. The van der Waals surface area contributed by atoms with Crippen LogP contribution in [0.25, 0.3) is 0 Å². The molecule has 6 heteroatoms. The van der Waals surface area contributed by atoms with Crippen LogP contribution in [-0.4, -0.2) is 27.5 Å². The third-order valence-corrected chi connectivity index (χ3v) is 5.82. The first-order valence-corrected chi connectivity index (χ1v) is 13.2. The standard InChI is InChI=1S/C3H5O2.2ClH.H2N.Sn/c1-2-3(4)5;;;;/h1-2H2,(H,4,5);2*1H;1H2;/q;;;-1;+3/p-2. The number of carboxylic acids is 1. The van der Waals surface area contributed by atoms with Crippen LogP contribution in [0, 0.1) is 0 Å². The molecular formula is C3H7Cl2NO2Sn. The molecule has 0 amide bonds. The minimum absolute atomic E-state index is 0.0143. The van der Waals surface area contributed by atoms with Gasteiger partial charge in [0.25, 0.3) is 0 Å². The second-order valence-electron chi connectivity index (χ2n) is 1.65. The molecule has 9 heavy (non-hydrogen) atoms. The van der Waals surface area contributed by atoms with Gasteiger partial charge in [-0.1, -0.05) is 0 Å². The van der Waals surface area contributed by atoms with Crippen molar-refractivity contribution in [3.63, 3.8) is 0 Å². The summed E-state index contributed by atoms with van der Waals surface area (Å²) >= 11 is -3.30. The number of carbonyl (C=O) groups is 1. The molecule has 54 valence electrons. The molecule has 0 rings (SSSR count). The Labute approximate surface area is 64.8 Å². The number of carboxylic acid groups (broad SMARTS) is 1. The molecule has 0 aliphatic carbocycles. The number of rotatable bonds is 3. The molecule has 0 bridgehead atoms.